The molecule has 0 spiro atoms. The predicted molar refractivity (Wildman–Crippen MR) is 112 cm³/mol. The third-order valence-corrected chi connectivity index (χ3v) is 4.93. The number of carbonyl (C=O) groups is 1. The zero-order chi connectivity index (χ0) is 20.2. The van der Waals surface area contributed by atoms with Crippen LogP contribution in [0, 0.1) is 17.1 Å². The third kappa shape index (κ3) is 3.46. The van der Waals surface area contributed by atoms with E-state index in [4.69, 9.17) is 0 Å². The van der Waals surface area contributed by atoms with Gasteiger partial charge in [0.2, 0.25) is 0 Å². The molecule has 1 heterocycles. The van der Waals surface area contributed by atoms with Crippen LogP contribution in [0.5, 0.6) is 0 Å². The molecule has 0 N–H and O–H groups in total. The van der Waals surface area contributed by atoms with E-state index in [1.807, 2.05) is 47.4 Å². The van der Waals surface area contributed by atoms with Gasteiger partial charge in [-0.1, -0.05) is 54.6 Å². The van der Waals surface area contributed by atoms with Gasteiger partial charge in [0.05, 0.1) is 11.6 Å². The van der Waals surface area contributed by atoms with Crippen molar-refractivity contribution in [2.24, 2.45) is 0 Å². The standard InChI is InChI=1S/C25H17FN2O/c26-24-13-7-6-12-22(24)19-14-23(21-11-5-4-8-18(21)15-27)25(17-29)28(16-19)20-9-2-1-3-10-20/h1-14,16-17,25H. The maximum Gasteiger partial charge on any atom is 0.147 e. The van der Waals surface area contributed by atoms with Gasteiger partial charge in [-0.2, -0.15) is 5.26 Å². The number of halogens is 1. The zero-order valence-corrected chi connectivity index (χ0v) is 15.5. The Bertz CT molecular complexity index is 1160. The molecule has 140 valence electrons. The predicted octanol–water partition coefficient (Wildman–Crippen LogP) is 5.21. The molecule has 3 nitrogen and oxygen atoms in total. The fraction of sp³-hybridized carbons (Fsp3) is 0.0400. The van der Waals surface area contributed by atoms with Gasteiger partial charge in [-0.3, -0.25) is 0 Å². The number of benzene rings is 3. The minimum atomic E-state index is -0.637. The van der Waals surface area contributed by atoms with Gasteiger partial charge >= 0.3 is 0 Å². The van der Waals surface area contributed by atoms with Gasteiger partial charge in [0.25, 0.3) is 0 Å². The summed E-state index contributed by atoms with van der Waals surface area (Å²) in [6, 6.07) is 24.7. The SMILES string of the molecule is N#Cc1ccccc1C1=CC(c2ccccc2F)=CN(c2ccccc2)C1C=O. The van der Waals surface area contributed by atoms with Crippen LogP contribution in [-0.2, 0) is 4.79 Å². The highest BCUT2D eigenvalue weighted by Crippen LogP contribution is 2.36. The molecule has 0 radical (unpaired) electrons. The van der Waals surface area contributed by atoms with Crippen molar-refractivity contribution in [1.82, 2.24) is 0 Å². The first-order valence-electron chi connectivity index (χ1n) is 9.19. The molecule has 1 atom stereocenters. The van der Waals surface area contributed by atoms with Crippen LogP contribution < -0.4 is 4.90 Å². The molecule has 3 aromatic carbocycles. The number of para-hydroxylation sites is 1. The molecule has 0 fully saturated rings. The minimum absolute atomic E-state index is 0.347. The molecule has 1 unspecified atom stereocenters. The van der Waals surface area contributed by atoms with Crippen LogP contribution >= 0.6 is 0 Å². The Morgan fingerprint density at radius 1 is 0.897 bits per heavy atom. The Morgan fingerprint density at radius 3 is 2.24 bits per heavy atom. The van der Waals surface area contributed by atoms with Crippen LogP contribution in [0.4, 0.5) is 10.1 Å². The van der Waals surface area contributed by atoms with Gasteiger partial charge in [0.15, 0.2) is 0 Å². The van der Waals surface area contributed by atoms with Crippen molar-refractivity contribution in [2.45, 2.75) is 6.04 Å². The Labute approximate surface area is 168 Å². The van der Waals surface area contributed by atoms with Crippen molar-refractivity contribution in [1.29, 1.82) is 5.26 Å². The molecule has 1 aliphatic heterocycles. The molecule has 0 aliphatic carbocycles. The maximum atomic E-state index is 14.5. The molecule has 0 aromatic heterocycles. The van der Waals surface area contributed by atoms with E-state index in [2.05, 4.69) is 6.07 Å². The second-order valence-electron chi connectivity index (χ2n) is 6.65. The minimum Gasteiger partial charge on any atom is -0.333 e. The average Bonchev–Trinajstić information content (AvgIpc) is 2.79. The van der Waals surface area contributed by atoms with Gasteiger partial charge in [0, 0.05) is 23.0 Å². The van der Waals surface area contributed by atoms with Gasteiger partial charge in [-0.25, -0.2) is 4.39 Å². The number of allylic oxidation sites excluding steroid dienone is 2. The van der Waals surface area contributed by atoms with Crippen molar-refractivity contribution >= 4 is 23.1 Å². The Morgan fingerprint density at radius 2 is 1.55 bits per heavy atom. The molecule has 1 aliphatic rings. The van der Waals surface area contributed by atoms with Crippen molar-refractivity contribution < 1.29 is 9.18 Å². The monoisotopic (exact) mass is 380 g/mol. The first-order valence-corrected chi connectivity index (χ1v) is 9.19. The van der Waals surface area contributed by atoms with Crippen LogP contribution in [-0.4, -0.2) is 12.3 Å². The summed E-state index contributed by atoms with van der Waals surface area (Å²) in [5.74, 6) is -0.347. The lowest BCUT2D eigenvalue weighted by Crippen LogP contribution is -2.35. The highest BCUT2D eigenvalue weighted by Gasteiger charge is 2.28. The van der Waals surface area contributed by atoms with E-state index in [1.165, 1.54) is 6.07 Å². The van der Waals surface area contributed by atoms with Crippen molar-refractivity contribution in [3.63, 3.8) is 0 Å². The van der Waals surface area contributed by atoms with E-state index in [9.17, 15) is 14.4 Å². The number of carbonyl (C=O) groups excluding carboxylic acids is 1. The van der Waals surface area contributed by atoms with E-state index >= 15 is 0 Å². The molecular formula is C25H17FN2O. The molecule has 0 amide bonds. The third-order valence-electron chi connectivity index (χ3n) is 4.93. The van der Waals surface area contributed by atoms with E-state index < -0.39 is 6.04 Å². The molecule has 0 saturated heterocycles. The summed E-state index contributed by atoms with van der Waals surface area (Å²) < 4.78 is 14.5. The van der Waals surface area contributed by atoms with Gasteiger partial charge < -0.3 is 9.69 Å². The fourth-order valence-electron chi connectivity index (χ4n) is 3.56. The molecule has 4 heteroatoms. The fourth-order valence-corrected chi connectivity index (χ4v) is 3.56. The number of aldehydes is 1. The normalized spacial score (nSPS) is 15.9. The molecule has 3 aromatic rings. The average molecular weight is 380 g/mol. The lowest BCUT2D eigenvalue weighted by atomic mass is 9.88. The molecule has 0 bridgehead atoms. The highest BCUT2D eigenvalue weighted by atomic mass is 19.1. The number of rotatable bonds is 4. The van der Waals surface area contributed by atoms with E-state index in [1.54, 1.807) is 42.6 Å². The first-order chi connectivity index (χ1) is 14.2. The zero-order valence-electron chi connectivity index (χ0n) is 15.5. The van der Waals surface area contributed by atoms with E-state index in [-0.39, 0.29) is 5.82 Å². The van der Waals surface area contributed by atoms with Crippen molar-refractivity contribution in [3.05, 3.63) is 114 Å². The van der Waals surface area contributed by atoms with Gasteiger partial charge in [-0.05, 0) is 41.5 Å². The second kappa shape index (κ2) is 7.95. The number of hydrogen-bond donors (Lipinski definition) is 0. The maximum absolute atomic E-state index is 14.5. The number of nitriles is 1. The molecule has 4 rings (SSSR count). The lowest BCUT2D eigenvalue weighted by Gasteiger charge is -2.33. The first kappa shape index (κ1) is 18.4. The molecular weight excluding hydrogens is 363 g/mol. The summed E-state index contributed by atoms with van der Waals surface area (Å²) in [7, 11) is 0. The van der Waals surface area contributed by atoms with Crippen LogP contribution in [0.2, 0.25) is 0 Å². The summed E-state index contributed by atoms with van der Waals surface area (Å²) in [6.45, 7) is 0. The summed E-state index contributed by atoms with van der Waals surface area (Å²) in [5, 5.41) is 9.56. The number of anilines is 1. The lowest BCUT2D eigenvalue weighted by molar-refractivity contribution is -0.107. The van der Waals surface area contributed by atoms with Crippen LogP contribution in [0.15, 0.2) is 91.1 Å². The van der Waals surface area contributed by atoms with Crippen LogP contribution in [0.25, 0.3) is 11.1 Å². The summed E-state index contributed by atoms with van der Waals surface area (Å²) in [4.78, 5) is 14.0. The van der Waals surface area contributed by atoms with Crippen LogP contribution in [0.1, 0.15) is 16.7 Å². The Balaban J connectivity index is 1.95. The quantitative estimate of drug-likeness (QED) is 0.584. The molecule has 0 saturated carbocycles. The number of nitrogens with zero attached hydrogens (tertiary/aromatic N) is 2. The summed E-state index contributed by atoms with van der Waals surface area (Å²) in [5.41, 5.74) is 3.65. The Kier molecular flexibility index (Phi) is 5.05. The summed E-state index contributed by atoms with van der Waals surface area (Å²) in [6.07, 6.45) is 4.43. The topological polar surface area (TPSA) is 44.1 Å². The number of hydrogen-bond acceptors (Lipinski definition) is 3. The van der Waals surface area contributed by atoms with Gasteiger partial charge in [-0.15, -0.1) is 0 Å². The van der Waals surface area contributed by atoms with Crippen LogP contribution in [0.3, 0.4) is 0 Å². The summed E-state index contributed by atoms with van der Waals surface area (Å²) >= 11 is 0. The van der Waals surface area contributed by atoms with E-state index in [0.717, 1.165) is 12.0 Å². The van der Waals surface area contributed by atoms with Gasteiger partial charge in [0.1, 0.15) is 18.1 Å². The van der Waals surface area contributed by atoms with Crippen molar-refractivity contribution in [2.75, 3.05) is 4.90 Å². The second-order valence-corrected chi connectivity index (χ2v) is 6.65. The molecule has 29 heavy (non-hydrogen) atoms. The largest absolute Gasteiger partial charge is 0.333 e. The smallest absolute Gasteiger partial charge is 0.147 e. The highest BCUT2D eigenvalue weighted by molar-refractivity contribution is 5.99. The Hall–Kier alpha value is -3.97. The van der Waals surface area contributed by atoms with E-state index in [0.29, 0.717) is 27.8 Å². The van der Waals surface area contributed by atoms with Crippen molar-refractivity contribution in [3.8, 4) is 6.07 Å².